The minimum atomic E-state index is -0.143. The molecular weight excluding hydrogens is 1550 g/mol. The van der Waals surface area contributed by atoms with E-state index in [1.165, 1.54) is 202 Å². The number of aryl methyl sites for hydroxylation is 4. The van der Waals surface area contributed by atoms with Gasteiger partial charge in [-0.15, -0.1) is 90.7 Å². The van der Waals surface area contributed by atoms with Gasteiger partial charge in [-0.2, -0.15) is 0 Å². The largest absolute Gasteiger partial charge is 0.289 e. The van der Waals surface area contributed by atoms with E-state index in [4.69, 9.17) is 13.1 Å². The number of unbranched alkanes of at least 4 members (excludes halogenated alkanes) is 14. The molecule has 2 aliphatic carbocycles. The van der Waals surface area contributed by atoms with E-state index in [-0.39, 0.29) is 23.0 Å². The molecule has 0 bridgehead atoms. The van der Waals surface area contributed by atoms with E-state index < -0.39 is 0 Å². The van der Waals surface area contributed by atoms with E-state index in [2.05, 4.69) is 138 Å². The number of rotatable bonds is 40. The Hall–Kier alpha value is -7.96. The Bertz CT molecular complexity index is 5170. The van der Waals surface area contributed by atoms with Crippen LogP contribution in [0, 0.1) is 47.6 Å². The predicted molar refractivity (Wildman–Crippen MR) is 498 cm³/mol. The molecule has 0 aliphatic heterocycles. The van der Waals surface area contributed by atoms with Crippen molar-refractivity contribution in [2.45, 2.75) is 248 Å². The highest BCUT2D eigenvalue weighted by atomic mass is 32.1. The Morgan fingerprint density at radius 3 is 1.07 bits per heavy atom. The molecule has 6 nitrogen and oxygen atoms in total. The molecule has 8 heterocycles. The topological polar surface area (TPSA) is 90.4 Å². The van der Waals surface area contributed by atoms with Gasteiger partial charge in [-0.05, 0) is 182 Å². The summed E-state index contributed by atoms with van der Waals surface area (Å²) in [5.41, 5.74) is 12.1. The molecule has 0 fully saturated rings. The van der Waals surface area contributed by atoms with Gasteiger partial charge in [0.15, 0.2) is 11.6 Å². The highest BCUT2D eigenvalue weighted by Gasteiger charge is 2.35. The average molecular weight is 1650 g/mol. The summed E-state index contributed by atoms with van der Waals surface area (Å²) in [6.45, 7) is 34.7. The van der Waals surface area contributed by atoms with Crippen molar-refractivity contribution in [3.05, 3.63) is 219 Å². The second-order valence-corrected chi connectivity index (χ2v) is 39.9. The van der Waals surface area contributed by atoms with Gasteiger partial charge in [0.05, 0.1) is 25.3 Å². The zero-order valence-electron chi connectivity index (χ0n) is 67.8. The molecule has 0 spiro atoms. The van der Waals surface area contributed by atoms with Crippen LogP contribution in [0.4, 0.5) is 0 Å². The van der Waals surface area contributed by atoms with E-state index in [0.717, 1.165) is 112 Å². The Labute approximate surface area is 710 Å². The number of nitriles is 2. The quantitative estimate of drug-likeness (QED) is 0.0166. The van der Waals surface area contributed by atoms with Gasteiger partial charge in [0.2, 0.25) is 0 Å². The van der Waals surface area contributed by atoms with Crippen LogP contribution in [0.5, 0.6) is 0 Å². The van der Waals surface area contributed by atoms with Crippen LogP contribution >= 0.6 is 90.7 Å². The average Bonchev–Trinajstić information content (AvgIpc) is 1.81. The second kappa shape index (κ2) is 40.3. The van der Waals surface area contributed by atoms with Crippen LogP contribution in [0.25, 0.3) is 113 Å². The minimum absolute atomic E-state index is 0.0571. The zero-order valence-corrected chi connectivity index (χ0v) is 74.3. The first-order valence-electron chi connectivity index (χ1n) is 42.3. The molecule has 14 heteroatoms. The lowest BCUT2D eigenvalue weighted by molar-refractivity contribution is 0.103. The maximum absolute atomic E-state index is 14.5. The monoisotopic (exact) mass is 1650 g/mol. The summed E-state index contributed by atoms with van der Waals surface area (Å²) in [6.07, 6.45) is 37.9. The SMILES string of the molecule is [C-]#[N+]/C(C#N)=C1\C(=Cc2cc(CCCCCC)c(-c3cc(CCCCCC)c(-c4cc5c(-c6ccc(CC(CC)CCCC)s6)c6sc(-c7sc(-c8sc(C=C9C(=O)c%10ccccc%10/C9=C(/C#N)[N+]#[C-])cc8CCCCCC)cc7CCCCCC)cc6c(-c6ccc(CC(CC)CCCC)s6)c5s4)s3)s2)C(=O)c2ccccc21. The van der Waals surface area contributed by atoms with Crippen molar-refractivity contribution in [3.8, 4) is 72.0 Å². The number of carbonyl (C=O) groups excluding carboxylic acids is 2. The molecule has 2 atom stereocenters. The van der Waals surface area contributed by atoms with Gasteiger partial charge in [-0.1, -0.05) is 232 Å². The Morgan fingerprint density at radius 2 is 0.728 bits per heavy atom. The molecule has 3 aromatic carbocycles. The Kier molecular flexibility index (Phi) is 29.7. The summed E-state index contributed by atoms with van der Waals surface area (Å²) >= 11 is 15.4. The molecule has 8 aromatic heterocycles. The van der Waals surface area contributed by atoms with E-state index in [1.54, 1.807) is 22.7 Å². The maximum atomic E-state index is 14.5. The van der Waals surface area contributed by atoms with E-state index in [1.807, 2.05) is 129 Å². The number of fused-ring (bicyclic) bond motifs is 4. The van der Waals surface area contributed by atoms with Crippen molar-refractivity contribution in [2.24, 2.45) is 11.8 Å². The van der Waals surface area contributed by atoms with Gasteiger partial charge in [0.25, 0.3) is 11.4 Å². The second-order valence-electron chi connectivity index (χ2n) is 31.2. The molecule has 2 aliphatic rings. The number of carbonyl (C=O) groups is 2. The molecular formula is C100H106N4O2S8. The molecule has 2 unspecified atom stereocenters. The van der Waals surface area contributed by atoms with Crippen molar-refractivity contribution in [2.75, 3.05) is 0 Å². The van der Waals surface area contributed by atoms with Gasteiger partial charge in [0, 0.05) is 133 Å². The smallest absolute Gasteiger partial charge is 0.270 e. The maximum Gasteiger partial charge on any atom is 0.270 e. The van der Waals surface area contributed by atoms with E-state index in [0.29, 0.717) is 56.4 Å². The van der Waals surface area contributed by atoms with Crippen molar-refractivity contribution < 1.29 is 9.59 Å². The molecule has 0 amide bonds. The number of hydrogen-bond donors (Lipinski definition) is 0. The molecule has 13 rings (SSSR count). The third-order valence-corrected chi connectivity index (χ3v) is 33.0. The van der Waals surface area contributed by atoms with Gasteiger partial charge in [-0.3, -0.25) is 9.59 Å². The lowest BCUT2D eigenvalue weighted by atomic mass is 9.95. The molecule has 11 aromatic rings. The molecule has 0 saturated heterocycles. The van der Waals surface area contributed by atoms with Crippen LogP contribution in [0.1, 0.15) is 283 Å². The fraction of sp³-hybridized carbons (Fsp3) is 0.400. The van der Waals surface area contributed by atoms with Gasteiger partial charge >= 0.3 is 0 Å². The Morgan fingerprint density at radius 1 is 0.386 bits per heavy atom. The summed E-state index contributed by atoms with van der Waals surface area (Å²) in [7, 11) is 0. The third-order valence-electron chi connectivity index (χ3n) is 23.1. The van der Waals surface area contributed by atoms with Crippen LogP contribution < -0.4 is 0 Å². The normalized spacial score (nSPS) is 14.8. The zero-order chi connectivity index (χ0) is 79.8. The predicted octanol–water partition coefficient (Wildman–Crippen LogP) is 33.4. The van der Waals surface area contributed by atoms with Crippen LogP contribution in [0.3, 0.4) is 0 Å². The first-order valence-corrected chi connectivity index (χ1v) is 48.9. The van der Waals surface area contributed by atoms with Crippen LogP contribution in [0.2, 0.25) is 0 Å². The molecule has 0 radical (unpaired) electrons. The van der Waals surface area contributed by atoms with Gasteiger partial charge in [-0.25, -0.2) is 20.2 Å². The number of benzene rings is 3. The molecule has 0 N–H and O–H groups in total. The minimum Gasteiger partial charge on any atom is -0.289 e. The van der Waals surface area contributed by atoms with Crippen LogP contribution in [-0.4, -0.2) is 11.6 Å². The van der Waals surface area contributed by atoms with E-state index >= 15 is 0 Å². The molecule has 114 heavy (non-hydrogen) atoms. The number of allylic oxidation sites excluding steroid dienone is 6. The summed E-state index contributed by atoms with van der Waals surface area (Å²) < 4.78 is 2.70. The van der Waals surface area contributed by atoms with Crippen molar-refractivity contribution in [3.63, 3.8) is 0 Å². The highest BCUT2D eigenvalue weighted by Crippen LogP contribution is 2.58. The molecule has 0 saturated carbocycles. The fourth-order valence-corrected chi connectivity index (χ4v) is 27.1. The summed E-state index contributed by atoms with van der Waals surface area (Å²) in [4.78, 5) is 54.2. The van der Waals surface area contributed by atoms with Crippen molar-refractivity contribution in [1.29, 1.82) is 10.5 Å². The highest BCUT2D eigenvalue weighted by molar-refractivity contribution is 7.31. The summed E-state index contributed by atoms with van der Waals surface area (Å²) in [5, 5.41) is 23.4. The van der Waals surface area contributed by atoms with Crippen molar-refractivity contribution in [1.82, 2.24) is 0 Å². The number of nitrogens with zero attached hydrogens (tertiary/aromatic N) is 4. The van der Waals surface area contributed by atoms with Crippen LogP contribution in [0.15, 0.2) is 132 Å². The lowest BCUT2D eigenvalue weighted by Gasteiger charge is -2.13. The third kappa shape index (κ3) is 18.5. The standard InChI is InChI=1S/C100H106N4O2S8/c1-11-19-25-29-39-65-53-71(57-77-89(81(61-101)103-9)73-43-33-35-45-75(73)93(77)105)109-95(65)85-55-67(41-31-27-21-13-3)97(111-85)87-59-79-91(83-49-47-69(107-83)51-63(17-7)37-23-15-5)100-80(92(99(79)113-87)84-50-48-70(108-84)52-64(18-8)38-24-16-6)60-88(114-100)98-68(42-32-28-22-14-4)56-86(112-98)96-66(40-30-26-20-12-2)54-72(110-96)58-78-90(82(62-102)104-10)74-44-34-36-46-76(74)94(78)106/h33-36,43-50,53-60,63-64H,11-32,37-42,51-52H2,1-8H3/b77-57?,78-58?,89-81-,90-82+. The number of thiophene rings is 8. The first-order chi connectivity index (χ1) is 55.8. The van der Waals surface area contributed by atoms with E-state index in [9.17, 15) is 20.1 Å². The van der Waals surface area contributed by atoms with Gasteiger partial charge < -0.3 is 0 Å². The first kappa shape index (κ1) is 84.0. The number of ketones is 2. The lowest BCUT2D eigenvalue weighted by Crippen LogP contribution is -2.01. The van der Waals surface area contributed by atoms with Crippen molar-refractivity contribution >= 4 is 146 Å². The molecule has 586 valence electrons. The fourth-order valence-electron chi connectivity index (χ4n) is 16.8. The Balaban J connectivity index is 1.03. The summed E-state index contributed by atoms with van der Waals surface area (Å²) in [6, 6.07) is 43.9. The van der Waals surface area contributed by atoms with Crippen LogP contribution in [-0.2, 0) is 38.5 Å². The van der Waals surface area contributed by atoms with Gasteiger partial charge in [0.1, 0.15) is 0 Å². The number of hydrogen-bond acceptors (Lipinski definition) is 12. The summed E-state index contributed by atoms with van der Waals surface area (Å²) in [5.74, 6) is 0.976. The number of Topliss-reactive ketones (excluding diaryl/α,β-unsaturated/α-hetero) is 2.